The number of fused-ring (bicyclic) bond motifs is 2. The van der Waals surface area contributed by atoms with Crippen LogP contribution in [0.3, 0.4) is 0 Å². The summed E-state index contributed by atoms with van der Waals surface area (Å²) in [5, 5.41) is 12.2. The highest BCUT2D eigenvalue weighted by molar-refractivity contribution is 6.03. The monoisotopic (exact) mass is 240 g/mol. The van der Waals surface area contributed by atoms with Crippen molar-refractivity contribution in [3.8, 4) is 0 Å². The molecule has 0 unspecified atom stereocenters. The summed E-state index contributed by atoms with van der Waals surface area (Å²) in [5.74, 6) is -1.08. The molecule has 0 N–H and O–H groups in total. The quantitative estimate of drug-likeness (QED) is 0.763. The number of pyridine rings is 1. The molecule has 0 atom stereocenters. The molecule has 3 heteroatoms. The van der Waals surface area contributed by atoms with Crippen molar-refractivity contribution in [3.63, 3.8) is 0 Å². The van der Waals surface area contributed by atoms with E-state index >= 15 is 0 Å². The van der Waals surface area contributed by atoms with E-state index in [1.807, 2.05) is 25.1 Å². The van der Waals surface area contributed by atoms with E-state index in [0.29, 0.717) is 5.56 Å². The average molecular weight is 240 g/mol. The first-order valence-corrected chi connectivity index (χ1v) is 6.30. The number of hydrogen-bond donors (Lipinski definition) is 0. The molecule has 0 aliphatic heterocycles. The summed E-state index contributed by atoms with van der Waals surface area (Å²) in [5.41, 5.74) is 4.00. The molecule has 92 valence electrons. The number of aryl methyl sites for hydroxylation is 2. The Labute approximate surface area is 105 Å². The van der Waals surface area contributed by atoms with Gasteiger partial charge in [0.1, 0.15) is 0 Å². The lowest BCUT2D eigenvalue weighted by molar-refractivity contribution is -0.254. The number of aromatic nitrogens is 1. The molecule has 0 saturated carbocycles. The number of carbonyl (C=O) groups excluding carboxylic acids is 1. The number of carbonyl (C=O) groups is 1. The van der Waals surface area contributed by atoms with Gasteiger partial charge in [0.05, 0.1) is 11.5 Å². The molecule has 2 aromatic rings. The Morgan fingerprint density at radius 2 is 2.06 bits per heavy atom. The summed E-state index contributed by atoms with van der Waals surface area (Å²) in [6, 6.07) is 5.75. The minimum atomic E-state index is -1.08. The van der Waals surface area contributed by atoms with Gasteiger partial charge >= 0.3 is 0 Å². The Morgan fingerprint density at radius 3 is 2.83 bits per heavy atom. The number of rotatable bonds is 1. The maximum Gasteiger partial charge on any atom is 0.0725 e. The third kappa shape index (κ3) is 1.67. The SMILES string of the molecule is Cc1ccc2nc3c(c(C(=O)[O-])c2c1)CCCC3. The summed E-state index contributed by atoms with van der Waals surface area (Å²) < 4.78 is 0. The molecular formula is C15H14NO2-. The third-order valence-corrected chi connectivity index (χ3v) is 3.62. The van der Waals surface area contributed by atoms with Crippen molar-refractivity contribution < 1.29 is 9.90 Å². The highest BCUT2D eigenvalue weighted by atomic mass is 16.4. The number of carboxylic acid groups (broad SMARTS) is 1. The molecule has 0 fully saturated rings. The molecule has 0 spiro atoms. The van der Waals surface area contributed by atoms with Crippen molar-refractivity contribution in [1.82, 2.24) is 4.98 Å². The molecule has 0 radical (unpaired) electrons. The molecule has 0 amide bonds. The van der Waals surface area contributed by atoms with E-state index in [9.17, 15) is 9.90 Å². The molecule has 1 heterocycles. The van der Waals surface area contributed by atoms with Crippen molar-refractivity contribution in [2.45, 2.75) is 32.6 Å². The molecule has 18 heavy (non-hydrogen) atoms. The molecule has 1 aromatic carbocycles. The zero-order valence-corrected chi connectivity index (χ0v) is 10.3. The smallest absolute Gasteiger partial charge is 0.0725 e. The van der Waals surface area contributed by atoms with Crippen LogP contribution >= 0.6 is 0 Å². The standard InChI is InChI=1S/C15H15NO2/c1-9-6-7-13-11(8-9)14(15(17)18)10-4-2-3-5-12(10)16-13/h6-8H,2-5H2,1H3,(H,17,18)/p-1. The van der Waals surface area contributed by atoms with E-state index in [1.165, 1.54) is 0 Å². The Hall–Kier alpha value is -1.90. The van der Waals surface area contributed by atoms with Crippen molar-refractivity contribution in [3.05, 3.63) is 40.6 Å². The zero-order valence-electron chi connectivity index (χ0n) is 10.3. The number of nitrogens with zero attached hydrogens (tertiary/aromatic N) is 1. The van der Waals surface area contributed by atoms with Gasteiger partial charge in [-0.1, -0.05) is 11.6 Å². The Balaban J connectivity index is 2.41. The lowest BCUT2D eigenvalue weighted by Gasteiger charge is -2.21. The molecule has 1 aromatic heterocycles. The number of benzene rings is 1. The number of aromatic carboxylic acids is 1. The topological polar surface area (TPSA) is 53.0 Å². The molecule has 3 nitrogen and oxygen atoms in total. The van der Waals surface area contributed by atoms with Crippen LogP contribution in [0, 0.1) is 6.92 Å². The van der Waals surface area contributed by atoms with Gasteiger partial charge in [0.2, 0.25) is 0 Å². The lowest BCUT2D eigenvalue weighted by atomic mass is 9.89. The largest absolute Gasteiger partial charge is 0.545 e. The fourth-order valence-electron chi connectivity index (χ4n) is 2.77. The van der Waals surface area contributed by atoms with Crippen molar-refractivity contribution in [1.29, 1.82) is 0 Å². The maximum absolute atomic E-state index is 11.5. The summed E-state index contributed by atoms with van der Waals surface area (Å²) >= 11 is 0. The summed E-state index contributed by atoms with van der Waals surface area (Å²) in [4.78, 5) is 16.1. The summed E-state index contributed by atoms with van der Waals surface area (Å²) in [6.45, 7) is 1.96. The third-order valence-electron chi connectivity index (χ3n) is 3.62. The van der Waals surface area contributed by atoms with Crippen LogP contribution in [-0.2, 0) is 12.8 Å². The van der Waals surface area contributed by atoms with Crippen LogP contribution in [0.15, 0.2) is 18.2 Å². The lowest BCUT2D eigenvalue weighted by Crippen LogP contribution is -2.26. The van der Waals surface area contributed by atoms with Crippen molar-refractivity contribution >= 4 is 16.9 Å². The Morgan fingerprint density at radius 1 is 1.28 bits per heavy atom. The van der Waals surface area contributed by atoms with Gasteiger partial charge in [-0.2, -0.15) is 0 Å². The molecule has 1 aliphatic rings. The van der Waals surface area contributed by atoms with E-state index in [0.717, 1.165) is 53.4 Å². The molecule has 1 aliphatic carbocycles. The van der Waals surface area contributed by atoms with Crippen LogP contribution in [0.5, 0.6) is 0 Å². The van der Waals surface area contributed by atoms with Gasteiger partial charge in [0.25, 0.3) is 0 Å². The summed E-state index contributed by atoms with van der Waals surface area (Å²) in [7, 11) is 0. The average Bonchev–Trinajstić information content (AvgIpc) is 2.35. The minimum absolute atomic E-state index is 0.360. The van der Waals surface area contributed by atoms with Crippen LogP contribution in [0.2, 0.25) is 0 Å². The first kappa shape index (κ1) is 11.2. The van der Waals surface area contributed by atoms with Gasteiger partial charge in [0, 0.05) is 16.6 Å². The van der Waals surface area contributed by atoms with Crippen LogP contribution < -0.4 is 5.11 Å². The molecule has 3 rings (SSSR count). The maximum atomic E-state index is 11.5. The normalized spacial score (nSPS) is 14.5. The minimum Gasteiger partial charge on any atom is -0.545 e. The molecule has 0 bridgehead atoms. The van der Waals surface area contributed by atoms with Gasteiger partial charge in [-0.05, 0) is 50.3 Å². The molecule has 0 saturated heterocycles. The van der Waals surface area contributed by atoms with Crippen LogP contribution in [0.1, 0.15) is 40.0 Å². The second kappa shape index (κ2) is 4.09. The Bertz CT molecular complexity index is 646. The second-order valence-corrected chi connectivity index (χ2v) is 4.93. The van der Waals surface area contributed by atoms with Gasteiger partial charge in [-0.15, -0.1) is 0 Å². The first-order valence-electron chi connectivity index (χ1n) is 6.30. The predicted octanol–water partition coefficient (Wildman–Crippen LogP) is 1.79. The van der Waals surface area contributed by atoms with Crippen molar-refractivity contribution in [2.75, 3.05) is 0 Å². The van der Waals surface area contributed by atoms with E-state index < -0.39 is 5.97 Å². The van der Waals surface area contributed by atoms with Crippen molar-refractivity contribution in [2.24, 2.45) is 0 Å². The van der Waals surface area contributed by atoms with E-state index in [4.69, 9.17) is 0 Å². The van der Waals surface area contributed by atoms with Crippen LogP contribution in [0.4, 0.5) is 0 Å². The highest BCUT2D eigenvalue weighted by Crippen LogP contribution is 2.29. The zero-order chi connectivity index (χ0) is 12.7. The fraction of sp³-hybridized carbons (Fsp3) is 0.333. The summed E-state index contributed by atoms with van der Waals surface area (Å²) in [6.07, 6.45) is 3.80. The second-order valence-electron chi connectivity index (χ2n) is 4.93. The van der Waals surface area contributed by atoms with Gasteiger partial charge in [-0.3, -0.25) is 4.98 Å². The predicted molar refractivity (Wildman–Crippen MR) is 67.5 cm³/mol. The molecular weight excluding hydrogens is 226 g/mol. The Kier molecular flexibility index (Phi) is 2.54. The van der Waals surface area contributed by atoms with E-state index in [-0.39, 0.29) is 0 Å². The fourth-order valence-corrected chi connectivity index (χ4v) is 2.77. The van der Waals surface area contributed by atoms with Crippen LogP contribution in [-0.4, -0.2) is 11.0 Å². The van der Waals surface area contributed by atoms with Gasteiger partial charge < -0.3 is 9.90 Å². The van der Waals surface area contributed by atoms with Crippen LogP contribution in [0.25, 0.3) is 10.9 Å². The van der Waals surface area contributed by atoms with Gasteiger partial charge in [-0.25, -0.2) is 0 Å². The van der Waals surface area contributed by atoms with E-state index in [1.54, 1.807) is 0 Å². The number of carboxylic acids is 1. The number of hydrogen-bond acceptors (Lipinski definition) is 3. The first-order chi connectivity index (χ1) is 8.66. The van der Waals surface area contributed by atoms with E-state index in [2.05, 4.69) is 4.98 Å². The highest BCUT2D eigenvalue weighted by Gasteiger charge is 2.18. The van der Waals surface area contributed by atoms with Gasteiger partial charge in [0.15, 0.2) is 0 Å².